The second-order valence-electron chi connectivity index (χ2n) is 3.60. The highest BCUT2D eigenvalue weighted by molar-refractivity contribution is 5.96. The molecule has 0 spiro atoms. The minimum Gasteiger partial charge on any atom is -0.492 e. The number of Topliss-reactive ketones (excluding diaryl/α,β-unsaturated/α-hetero) is 1. The smallest absolute Gasteiger partial charge is 0.194 e. The van der Waals surface area contributed by atoms with Gasteiger partial charge in [-0.15, -0.1) is 4.48 Å². The lowest BCUT2D eigenvalue weighted by Crippen LogP contribution is -2.12. The van der Waals surface area contributed by atoms with Crippen molar-refractivity contribution in [2.45, 2.75) is 6.92 Å². The quantitative estimate of drug-likeness (QED) is 0.493. The number of carbonyl (C=O) groups excluding carboxylic acids is 1. The average molecular weight is 237 g/mol. The van der Waals surface area contributed by atoms with E-state index in [9.17, 15) is 9.28 Å². The van der Waals surface area contributed by atoms with Gasteiger partial charge in [0.25, 0.3) is 0 Å². The van der Waals surface area contributed by atoms with Crippen molar-refractivity contribution in [2.75, 3.05) is 13.2 Å². The molecule has 0 atom stereocenters. The Labute approximate surface area is 97.3 Å². The summed E-state index contributed by atoms with van der Waals surface area (Å²) in [6.45, 7) is 1.81. The molecule has 0 saturated heterocycles. The molecule has 0 aliphatic rings. The first-order chi connectivity index (χ1) is 8.20. The van der Waals surface area contributed by atoms with Crippen molar-refractivity contribution in [1.29, 1.82) is 0 Å². The van der Waals surface area contributed by atoms with Crippen LogP contribution in [0.5, 0.6) is 5.75 Å². The van der Waals surface area contributed by atoms with Crippen LogP contribution < -0.4 is 10.3 Å². The monoisotopic (exact) mass is 237 g/mol. The van der Waals surface area contributed by atoms with Crippen molar-refractivity contribution in [2.24, 2.45) is 0 Å². The van der Waals surface area contributed by atoms with E-state index in [1.54, 1.807) is 24.3 Å². The third-order valence-electron chi connectivity index (χ3n) is 2.30. The molecule has 1 heterocycles. The number of ether oxygens (including phenoxy) is 1. The molecular weight excluding hydrogens is 225 g/mol. The number of carbonyl (C=O) groups is 1. The number of hydrogen-bond donors (Lipinski definition) is 1. The van der Waals surface area contributed by atoms with Gasteiger partial charge in [-0.1, -0.05) is 0 Å². The van der Waals surface area contributed by atoms with Crippen LogP contribution in [0.15, 0.2) is 28.7 Å². The highest BCUT2D eigenvalue weighted by atomic mass is 19.2. The van der Waals surface area contributed by atoms with Gasteiger partial charge in [0.15, 0.2) is 11.5 Å². The van der Waals surface area contributed by atoms with Gasteiger partial charge in [0.1, 0.15) is 17.9 Å². The molecule has 0 bridgehead atoms. The van der Waals surface area contributed by atoms with Crippen LogP contribution >= 0.6 is 0 Å². The second kappa shape index (κ2) is 4.97. The summed E-state index contributed by atoms with van der Waals surface area (Å²) in [6.07, 6.45) is 0. The van der Waals surface area contributed by atoms with E-state index in [0.29, 0.717) is 17.1 Å². The van der Waals surface area contributed by atoms with Crippen LogP contribution in [0.4, 0.5) is 4.48 Å². The molecule has 0 saturated carbocycles. The Morgan fingerprint density at radius 2 is 2.29 bits per heavy atom. The molecule has 5 heteroatoms. The summed E-state index contributed by atoms with van der Waals surface area (Å²) in [7, 11) is 0. The first-order valence-electron chi connectivity index (χ1n) is 5.21. The maximum atomic E-state index is 11.7. The van der Waals surface area contributed by atoms with Gasteiger partial charge >= 0.3 is 0 Å². The number of hydrogen-bond acceptors (Lipinski definition) is 4. The zero-order chi connectivity index (χ0) is 12.3. The molecule has 90 valence electrons. The van der Waals surface area contributed by atoms with E-state index < -0.39 is 0 Å². The molecule has 2 aromatic rings. The number of nitrogens with one attached hydrogen (secondary N) is 1. The Bertz CT molecular complexity index is 536. The molecule has 1 aromatic heterocycles. The molecule has 0 radical (unpaired) electrons. The maximum Gasteiger partial charge on any atom is 0.194 e. The Hall–Kier alpha value is -1.88. The second-order valence-corrected chi connectivity index (χ2v) is 3.60. The topological polar surface area (TPSA) is 51.5 Å². The number of ketones is 1. The zero-order valence-electron chi connectivity index (χ0n) is 9.33. The molecule has 2 rings (SSSR count). The van der Waals surface area contributed by atoms with Crippen molar-refractivity contribution in [1.82, 2.24) is 5.54 Å². The number of benzene rings is 1. The summed E-state index contributed by atoms with van der Waals surface area (Å²) in [5.41, 5.74) is 2.14. The van der Waals surface area contributed by atoms with Gasteiger partial charge in [-0.05, 0) is 24.3 Å². The fourth-order valence-electron chi connectivity index (χ4n) is 1.49. The predicted molar refractivity (Wildman–Crippen MR) is 60.8 cm³/mol. The Balaban J connectivity index is 2.21. The number of furan rings is 1. The van der Waals surface area contributed by atoms with Gasteiger partial charge in [-0.25, -0.2) is 0 Å². The lowest BCUT2D eigenvalue weighted by atomic mass is 10.2. The van der Waals surface area contributed by atoms with Gasteiger partial charge < -0.3 is 9.15 Å². The zero-order valence-corrected chi connectivity index (χ0v) is 9.33. The maximum absolute atomic E-state index is 11.7. The number of fused-ring (bicyclic) bond motifs is 1. The third-order valence-corrected chi connectivity index (χ3v) is 2.30. The summed E-state index contributed by atoms with van der Waals surface area (Å²) in [5.74, 6) is 0.816. The Kier molecular flexibility index (Phi) is 3.39. The molecule has 0 fully saturated rings. The molecule has 0 aliphatic heterocycles. The van der Waals surface area contributed by atoms with E-state index in [2.05, 4.69) is 0 Å². The van der Waals surface area contributed by atoms with E-state index in [-0.39, 0.29) is 18.9 Å². The molecule has 1 aromatic carbocycles. The van der Waals surface area contributed by atoms with Crippen LogP contribution in [-0.2, 0) is 0 Å². The minimum absolute atomic E-state index is 0.120. The summed E-state index contributed by atoms with van der Waals surface area (Å²) in [6, 6.07) is 6.86. The fourth-order valence-corrected chi connectivity index (χ4v) is 1.49. The standard InChI is InChI=1S/C12H12FNO3/c1-8(15)12-7-9-6-10(16-5-4-14-13)2-3-11(9)17-12/h2-3,6-7,14H,4-5H2,1H3. The predicted octanol–water partition coefficient (Wildman–Crippen LogP) is 2.49. The van der Waals surface area contributed by atoms with E-state index in [1.807, 2.05) is 0 Å². The summed E-state index contributed by atoms with van der Waals surface area (Å²) in [4.78, 5) is 11.1. The van der Waals surface area contributed by atoms with Crippen molar-refractivity contribution in [3.8, 4) is 5.75 Å². The highest BCUT2D eigenvalue weighted by Crippen LogP contribution is 2.24. The largest absolute Gasteiger partial charge is 0.492 e. The van der Waals surface area contributed by atoms with Gasteiger partial charge in [0.2, 0.25) is 0 Å². The lowest BCUT2D eigenvalue weighted by molar-refractivity contribution is 0.0989. The highest BCUT2D eigenvalue weighted by Gasteiger charge is 2.08. The van der Waals surface area contributed by atoms with Crippen LogP contribution in [0, 0.1) is 0 Å². The van der Waals surface area contributed by atoms with Crippen LogP contribution in [0.2, 0.25) is 0 Å². The van der Waals surface area contributed by atoms with Crippen molar-refractivity contribution in [3.05, 3.63) is 30.0 Å². The van der Waals surface area contributed by atoms with Crippen molar-refractivity contribution in [3.63, 3.8) is 0 Å². The molecule has 4 nitrogen and oxygen atoms in total. The average Bonchev–Trinajstić information content (AvgIpc) is 2.72. The lowest BCUT2D eigenvalue weighted by Gasteiger charge is -2.03. The Morgan fingerprint density at radius 3 is 3.00 bits per heavy atom. The molecule has 17 heavy (non-hydrogen) atoms. The van der Waals surface area contributed by atoms with E-state index in [4.69, 9.17) is 9.15 Å². The van der Waals surface area contributed by atoms with Crippen LogP contribution in [-0.4, -0.2) is 18.9 Å². The first-order valence-corrected chi connectivity index (χ1v) is 5.21. The summed E-state index contributed by atoms with van der Waals surface area (Å²) < 4.78 is 22.3. The number of rotatable bonds is 5. The molecule has 0 unspecified atom stereocenters. The van der Waals surface area contributed by atoms with Gasteiger partial charge in [0, 0.05) is 12.3 Å². The Morgan fingerprint density at radius 1 is 1.47 bits per heavy atom. The summed E-state index contributed by atoms with van der Waals surface area (Å²) in [5, 5.41) is 0.793. The van der Waals surface area contributed by atoms with Gasteiger partial charge in [-0.3, -0.25) is 4.79 Å². The summed E-state index contributed by atoms with van der Waals surface area (Å²) >= 11 is 0. The van der Waals surface area contributed by atoms with Crippen LogP contribution in [0.25, 0.3) is 11.0 Å². The minimum atomic E-state index is -0.120. The van der Waals surface area contributed by atoms with Crippen LogP contribution in [0.3, 0.4) is 0 Å². The fraction of sp³-hybridized carbons (Fsp3) is 0.250. The van der Waals surface area contributed by atoms with Gasteiger partial charge in [-0.2, -0.15) is 5.54 Å². The SMILES string of the molecule is CC(=O)c1cc2cc(OCCNF)ccc2o1. The van der Waals surface area contributed by atoms with Crippen molar-refractivity contribution < 1.29 is 18.4 Å². The molecule has 0 aliphatic carbocycles. The van der Waals surface area contributed by atoms with Crippen LogP contribution in [0.1, 0.15) is 17.5 Å². The van der Waals surface area contributed by atoms with E-state index in [1.165, 1.54) is 12.5 Å². The number of halogens is 1. The molecule has 0 amide bonds. The van der Waals surface area contributed by atoms with Gasteiger partial charge in [0.05, 0.1) is 6.54 Å². The normalized spacial score (nSPS) is 10.7. The first kappa shape index (κ1) is 11.6. The molecular formula is C12H12FNO3. The third kappa shape index (κ3) is 2.62. The van der Waals surface area contributed by atoms with E-state index >= 15 is 0 Å². The van der Waals surface area contributed by atoms with Crippen molar-refractivity contribution >= 4 is 16.8 Å². The van der Waals surface area contributed by atoms with E-state index in [0.717, 1.165) is 5.39 Å². The molecule has 1 N–H and O–H groups in total.